The van der Waals surface area contributed by atoms with Gasteiger partial charge in [0.1, 0.15) is 0 Å². The number of likely N-dealkylation sites (N-methyl/N-ethyl adjacent to an activating group) is 1. The molecule has 6 atom stereocenters. The second kappa shape index (κ2) is 15.3. The Morgan fingerprint density at radius 1 is 0.731 bits per heavy atom. The van der Waals surface area contributed by atoms with Gasteiger partial charge in [-0.15, -0.1) is 0 Å². The van der Waals surface area contributed by atoms with Crippen LogP contribution in [0.15, 0.2) is 127 Å². The van der Waals surface area contributed by atoms with Crippen LogP contribution in [-0.2, 0) is 22.6 Å². The maximum absolute atomic E-state index is 13.0. The third kappa shape index (κ3) is 7.21. The molecule has 8 nitrogen and oxygen atoms in total. The first-order valence-electron chi connectivity index (χ1n) is 17.8. The van der Waals surface area contributed by atoms with Crippen LogP contribution in [-0.4, -0.2) is 57.6 Å². The number of benzene rings is 5. The molecule has 2 heterocycles. The Kier molecular flexibility index (Phi) is 10.5. The van der Waals surface area contributed by atoms with Crippen molar-refractivity contribution >= 4 is 11.8 Å². The minimum Gasteiger partial charge on any atom is -0.392 e. The van der Waals surface area contributed by atoms with Crippen molar-refractivity contribution in [2.24, 2.45) is 5.92 Å². The van der Waals surface area contributed by atoms with E-state index in [0.717, 1.165) is 38.9 Å². The maximum atomic E-state index is 13.0. The molecular weight excluding hydrogens is 652 g/mol. The molecule has 52 heavy (non-hydrogen) atoms. The van der Waals surface area contributed by atoms with Crippen LogP contribution >= 0.6 is 0 Å². The smallest absolute Gasteiger partial charge is 0.261 e. The number of hydrogen-bond acceptors (Lipinski definition) is 7. The number of hydrogen-bond donors (Lipinski definition) is 2. The van der Waals surface area contributed by atoms with Gasteiger partial charge in [-0.05, 0) is 71.6 Å². The summed E-state index contributed by atoms with van der Waals surface area (Å²) in [6.45, 7) is 4.87. The normalized spacial score (nSPS) is 21.3. The Bertz CT molecular complexity index is 2000. The van der Waals surface area contributed by atoms with Gasteiger partial charge in [-0.25, -0.2) is 0 Å². The molecule has 0 unspecified atom stereocenters. The first-order chi connectivity index (χ1) is 25.2. The summed E-state index contributed by atoms with van der Waals surface area (Å²) in [6.07, 6.45) is -1.86. The lowest BCUT2D eigenvalue weighted by Crippen LogP contribution is -2.46. The molecule has 0 aromatic heterocycles. The summed E-state index contributed by atoms with van der Waals surface area (Å²) in [5, 5.41) is 20.9. The first kappa shape index (κ1) is 35.4. The van der Waals surface area contributed by atoms with Crippen molar-refractivity contribution in [1.29, 1.82) is 0 Å². The van der Waals surface area contributed by atoms with Gasteiger partial charge in [0, 0.05) is 24.1 Å². The summed E-state index contributed by atoms with van der Waals surface area (Å²) in [5.74, 6) is -0.584. The van der Waals surface area contributed by atoms with E-state index in [1.54, 1.807) is 24.3 Å². The molecule has 0 aliphatic carbocycles. The minimum atomic E-state index is -0.673. The molecule has 2 amide bonds. The van der Waals surface area contributed by atoms with Crippen molar-refractivity contribution in [3.05, 3.63) is 166 Å². The van der Waals surface area contributed by atoms with Crippen LogP contribution in [0.5, 0.6) is 0 Å². The average molecular weight is 697 g/mol. The monoisotopic (exact) mass is 696 g/mol. The van der Waals surface area contributed by atoms with E-state index in [1.165, 1.54) is 4.90 Å². The van der Waals surface area contributed by atoms with Gasteiger partial charge in [0.05, 0.1) is 42.6 Å². The zero-order valence-corrected chi connectivity index (χ0v) is 29.6. The number of fused-ring (bicyclic) bond motifs is 1. The molecule has 1 saturated heterocycles. The van der Waals surface area contributed by atoms with Gasteiger partial charge in [0.2, 0.25) is 0 Å². The predicted octanol–water partition coefficient (Wildman–Crippen LogP) is 7.49. The second-order valence-corrected chi connectivity index (χ2v) is 13.9. The van der Waals surface area contributed by atoms with E-state index in [9.17, 15) is 19.8 Å². The lowest BCUT2D eigenvalue weighted by molar-refractivity contribution is -0.276. The summed E-state index contributed by atoms with van der Waals surface area (Å²) in [5.41, 5.74) is 7.17. The third-order valence-corrected chi connectivity index (χ3v) is 10.5. The van der Waals surface area contributed by atoms with E-state index in [4.69, 9.17) is 9.47 Å². The molecule has 266 valence electrons. The summed E-state index contributed by atoms with van der Waals surface area (Å²) in [7, 11) is 2.01. The number of carbonyl (C=O) groups is 2. The van der Waals surface area contributed by atoms with Crippen molar-refractivity contribution in [2.75, 3.05) is 13.6 Å². The van der Waals surface area contributed by atoms with E-state index < -0.39 is 12.4 Å². The molecule has 5 aromatic carbocycles. The molecule has 2 aliphatic rings. The Morgan fingerprint density at radius 3 is 2.04 bits per heavy atom. The van der Waals surface area contributed by atoms with Gasteiger partial charge in [0.25, 0.3) is 11.8 Å². The maximum Gasteiger partial charge on any atom is 0.261 e. The van der Waals surface area contributed by atoms with E-state index >= 15 is 0 Å². The van der Waals surface area contributed by atoms with Gasteiger partial charge >= 0.3 is 0 Å². The Balaban J connectivity index is 1.13. The number of rotatable bonds is 11. The standard InChI is InChI=1S/C44H44N2O6/c1-28-39(26-45(3)29(2)40(48)32-12-5-4-6-13-32)51-44(52-41(28)33-21-19-30(27-47)20-22-33)36-16-10-15-35(24-36)34-14-9-11-31(23-34)25-46-42(49)37-17-7-8-18-38(37)43(46)50/h4-24,28-29,39-41,44,47-48H,25-27H2,1-3H3/t28-,29-,39+,40-,41+,44+/m0/s1. The van der Waals surface area contributed by atoms with Crippen molar-refractivity contribution in [3.63, 3.8) is 0 Å². The van der Waals surface area contributed by atoms with Crippen molar-refractivity contribution in [2.45, 2.75) is 57.6 Å². The van der Waals surface area contributed by atoms with Crippen LogP contribution < -0.4 is 0 Å². The van der Waals surface area contributed by atoms with Gasteiger partial charge in [-0.3, -0.25) is 19.4 Å². The molecule has 8 heteroatoms. The first-order valence-corrected chi connectivity index (χ1v) is 17.8. The third-order valence-electron chi connectivity index (χ3n) is 10.5. The SMILES string of the molecule is C[C@H]1[C@@H](CN(C)[C@@H](C)[C@H](O)c2ccccc2)O[C@@H](c2cccc(-c3cccc(CN4C(=O)c5ccccc5C4=O)c3)c2)O[C@H]1c1ccc(CO)cc1. The highest BCUT2D eigenvalue weighted by Crippen LogP contribution is 2.43. The molecule has 1 fully saturated rings. The van der Waals surface area contributed by atoms with Crippen LogP contribution in [0.2, 0.25) is 0 Å². The molecule has 5 aromatic rings. The quantitative estimate of drug-likeness (QED) is 0.138. The van der Waals surface area contributed by atoms with Crippen LogP contribution in [0.4, 0.5) is 0 Å². The highest BCUT2D eigenvalue weighted by Gasteiger charge is 2.40. The van der Waals surface area contributed by atoms with Gasteiger partial charge in [0.15, 0.2) is 6.29 Å². The van der Waals surface area contributed by atoms with E-state index in [0.29, 0.717) is 17.7 Å². The zero-order chi connectivity index (χ0) is 36.4. The fraction of sp³-hybridized carbons (Fsp3) is 0.273. The number of aliphatic hydroxyl groups excluding tert-OH is 2. The Morgan fingerprint density at radius 2 is 1.37 bits per heavy atom. The topological polar surface area (TPSA) is 99.5 Å². The highest BCUT2D eigenvalue weighted by atomic mass is 16.7. The molecule has 2 aliphatic heterocycles. The average Bonchev–Trinajstić information content (AvgIpc) is 3.43. The summed E-state index contributed by atoms with van der Waals surface area (Å²) < 4.78 is 13.5. The summed E-state index contributed by atoms with van der Waals surface area (Å²) >= 11 is 0. The molecule has 7 rings (SSSR count). The lowest BCUT2D eigenvalue weighted by atomic mass is 9.89. The summed E-state index contributed by atoms with van der Waals surface area (Å²) in [4.78, 5) is 29.5. The molecule has 0 saturated carbocycles. The largest absolute Gasteiger partial charge is 0.392 e. The number of carbonyl (C=O) groups excluding carboxylic acids is 2. The molecule has 0 radical (unpaired) electrons. The van der Waals surface area contributed by atoms with Crippen LogP contribution in [0.1, 0.15) is 80.9 Å². The fourth-order valence-electron chi connectivity index (χ4n) is 7.23. The minimum absolute atomic E-state index is 0.0262. The molecule has 0 bridgehead atoms. The van der Waals surface area contributed by atoms with Crippen LogP contribution in [0.25, 0.3) is 11.1 Å². The number of nitrogens with zero attached hydrogens (tertiary/aromatic N) is 2. The highest BCUT2D eigenvalue weighted by molar-refractivity contribution is 6.21. The fourth-order valence-corrected chi connectivity index (χ4v) is 7.23. The molecule has 2 N–H and O–H groups in total. The van der Waals surface area contributed by atoms with E-state index in [1.807, 2.05) is 111 Å². The van der Waals surface area contributed by atoms with Crippen LogP contribution in [0, 0.1) is 5.92 Å². The Labute approximate surface area is 304 Å². The Hall–Kier alpha value is -4.96. The second-order valence-electron chi connectivity index (χ2n) is 13.9. The van der Waals surface area contributed by atoms with E-state index in [2.05, 4.69) is 17.9 Å². The summed E-state index contributed by atoms with van der Waals surface area (Å²) in [6, 6.07) is 40.3. The van der Waals surface area contributed by atoms with Gasteiger partial charge in [-0.2, -0.15) is 0 Å². The molecular formula is C44H44N2O6. The number of aliphatic hydroxyl groups is 2. The van der Waals surface area contributed by atoms with Crippen molar-refractivity contribution in [1.82, 2.24) is 9.80 Å². The van der Waals surface area contributed by atoms with Gasteiger partial charge < -0.3 is 19.7 Å². The lowest BCUT2D eigenvalue weighted by Gasteiger charge is -2.43. The predicted molar refractivity (Wildman–Crippen MR) is 199 cm³/mol. The number of ether oxygens (including phenoxy) is 2. The number of amides is 2. The van der Waals surface area contributed by atoms with Crippen molar-refractivity contribution < 1.29 is 29.3 Å². The zero-order valence-electron chi connectivity index (χ0n) is 29.6. The molecule has 0 spiro atoms. The van der Waals surface area contributed by atoms with Gasteiger partial charge in [-0.1, -0.05) is 110 Å². The van der Waals surface area contributed by atoms with Crippen molar-refractivity contribution in [3.8, 4) is 11.1 Å². The number of imide groups is 1. The van der Waals surface area contributed by atoms with Crippen LogP contribution in [0.3, 0.4) is 0 Å². The van der Waals surface area contributed by atoms with E-state index in [-0.39, 0.29) is 49.1 Å².